The number of imide groups is 1. The maximum atomic E-state index is 13.0. The Kier molecular flexibility index (Phi) is 5.28. The standard InChI is InChI=1S/C28H25NO6/c30-25-14-19(22-11-16-5-4-6-17(16)13-24(22)35-25)15-34-28(33)18-9-10-21-23(12-18)27(32)29(26(21)31)20-7-2-1-3-8-20/h9-14,20H,1-8,15H2. The maximum absolute atomic E-state index is 13.0. The van der Waals surface area contributed by atoms with Crippen LogP contribution in [0.2, 0.25) is 0 Å². The number of benzene rings is 2. The first-order chi connectivity index (χ1) is 17.0. The first kappa shape index (κ1) is 21.8. The highest BCUT2D eigenvalue weighted by Crippen LogP contribution is 2.32. The summed E-state index contributed by atoms with van der Waals surface area (Å²) < 4.78 is 10.9. The molecular formula is C28H25NO6. The Morgan fingerprint density at radius 2 is 1.63 bits per heavy atom. The summed E-state index contributed by atoms with van der Waals surface area (Å²) in [5.74, 6) is -1.24. The van der Waals surface area contributed by atoms with Crippen molar-refractivity contribution in [3.8, 4) is 0 Å². The molecule has 2 heterocycles. The minimum absolute atomic E-state index is 0.0777. The van der Waals surface area contributed by atoms with Gasteiger partial charge in [0.25, 0.3) is 11.8 Å². The lowest BCUT2D eigenvalue weighted by atomic mass is 9.94. The highest BCUT2D eigenvalue weighted by molar-refractivity contribution is 6.22. The molecule has 3 aliphatic rings. The largest absolute Gasteiger partial charge is 0.457 e. The summed E-state index contributed by atoms with van der Waals surface area (Å²) in [5.41, 5.74) is 3.77. The van der Waals surface area contributed by atoms with Crippen molar-refractivity contribution in [1.29, 1.82) is 0 Å². The summed E-state index contributed by atoms with van der Waals surface area (Å²) in [6.07, 6.45) is 7.78. The predicted molar refractivity (Wildman–Crippen MR) is 127 cm³/mol. The second kappa shape index (κ2) is 8.48. The SMILES string of the molecule is O=C(OCc1cc(=O)oc2cc3c(cc12)CCC3)c1ccc2c(c1)C(=O)N(C1CCCCC1)C2=O. The summed E-state index contributed by atoms with van der Waals surface area (Å²) in [6, 6.07) is 9.70. The Bertz CT molecular complexity index is 1450. The average molecular weight is 472 g/mol. The van der Waals surface area contributed by atoms with Gasteiger partial charge in [0.15, 0.2) is 0 Å². The molecule has 1 saturated carbocycles. The summed E-state index contributed by atoms with van der Waals surface area (Å²) in [6.45, 7) is -0.0993. The molecule has 0 radical (unpaired) electrons. The van der Waals surface area contributed by atoms with Crippen molar-refractivity contribution >= 4 is 28.8 Å². The van der Waals surface area contributed by atoms with Crippen LogP contribution in [0.3, 0.4) is 0 Å². The van der Waals surface area contributed by atoms with E-state index in [1.54, 1.807) is 0 Å². The monoisotopic (exact) mass is 471 g/mol. The normalized spacial score (nSPS) is 17.7. The van der Waals surface area contributed by atoms with Crippen molar-refractivity contribution in [2.75, 3.05) is 0 Å². The number of amides is 2. The van der Waals surface area contributed by atoms with Gasteiger partial charge in [-0.05, 0) is 73.6 Å². The molecule has 0 bridgehead atoms. The zero-order valence-electron chi connectivity index (χ0n) is 19.3. The molecule has 1 aliphatic heterocycles. The van der Waals surface area contributed by atoms with Crippen LogP contribution in [0.15, 0.2) is 45.6 Å². The highest BCUT2D eigenvalue weighted by Gasteiger charge is 2.40. The van der Waals surface area contributed by atoms with Crippen LogP contribution in [-0.2, 0) is 24.2 Å². The molecule has 1 fully saturated rings. The summed E-state index contributed by atoms with van der Waals surface area (Å²) in [5, 5.41) is 0.760. The summed E-state index contributed by atoms with van der Waals surface area (Å²) in [7, 11) is 0. The molecule has 2 aliphatic carbocycles. The van der Waals surface area contributed by atoms with Gasteiger partial charge in [-0.2, -0.15) is 0 Å². The van der Waals surface area contributed by atoms with E-state index in [-0.39, 0.29) is 35.6 Å². The van der Waals surface area contributed by atoms with E-state index in [2.05, 4.69) is 0 Å². The number of aryl methyl sites for hydroxylation is 2. The zero-order valence-corrected chi connectivity index (χ0v) is 19.3. The first-order valence-corrected chi connectivity index (χ1v) is 12.3. The van der Waals surface area contributed by atoms with Gasteiger partial charge in [-0.1, -0.05) is 19.3 Å². The van der Waals surface area contributed by atoms with Gasteiger partial charge >= 0.3 is 11.6 Å². The van der Waals surface area contributed by atoms with E-state index in [1.807, 2.05) is 12.1 Å². The van der Waals surface area contributed by atoms with Crippen molar-refractivity contribution in [2.45, 2.75) is 64.0 Å². The molecule has 7 heteroatoms. The number of carbonyl (C=O) groups is 3. The maximum Gasteiger partial charge on any atom is 0.338 e. The Balaban J connectivity index is 1.23. The fraction of sp³-hybridized carbons (Fsp3) is 0.357. The van der Waals surface area contributed by atoms with Gasteiger partial charge in [0.2, 0.25) is 0 Å². The minimum Gasteiger partial charge on any atom is -0.457 e. The highest BCUT2D eigenvalue weighted by atomic mass is 16.5. The molecular weight excluding hydrogens is 446 g/mol. The lowest BCUT2D eigenvalue weighted by Crippen LogP contribution is -2.40. The van der Waals surface area contributed by atoms with Crippen LogP contribution >= 0.6 is 0 Å². The molecule has 2 amide bonds. The summed E-state index contributed by atoms with van der Waals surface area (Å²) in [4.78, 5) is 52.3. The van der Waals surface area contributed by atoms with Crippen LogP contribution < -0.4 is 5.63 Å². The second-order valence-electron chi connectivity index (χ2n) is 9.67. The van der Waals surface area contributed by atoms with Gasteiger partial charge in [-0.15, -0.1) is 0 Å². The molecule has 0 unspecified atom stereocenters. The van der Waals surface area contributed by atoms with E-state index in [0.29, 0.717) is 16.7 Å². The molecule has 6 rings (SSSR count). The third kappa shape index (κ3) is 3.75. The molecule has 1 aromatic heterocycles. The number of hydrogen-bond acceptors (Lipinski definition) is 6. The quantitative estimate of drug-likeness (QED) is 0.314. The fourth-order valence-electron chi connectivity index (χ4n) is 5.70. The Hall–Kier alpha value is -3.74. The number of ether oxygens (including phenoxy) is 1. The molecule has 3 aromatic rings. The number of carbonyl (C=O) groups excluding carboxylic acids is 3. The third-order valence-corrected chi connectivity index (χ3v) is 7.49. The van der Waals surface area contributed by atoms with E-state index in [1.165, 1.54) is 40.3 Å². The molecule has 0 saturated heterocycles. The van der Waals surface area contributed by atoms with Gasteiger partial charge < -0.3 is 9.15 Å². The molecule has 7 nitrogen and oxygen atoms in total. The number of hydrogen-bond donors (Lipinski definition) is 0. The molecule has 178 valence electrons. The molecule has 0 spiro atoms. The first-order valence-electron chi connectivity index (χ1n) is 12.3. The van der Waals surface area contributed by atoms with Crippen LogP contribution in [0.4, 0.5) is 0 Å². The summed E-state index contributed by atoms with van der Waals surface area (Å²) >= 11 is 0. The van der Waals surface area contributed by atoms with E-state index in [0.717, 1.165) is 56.8 Å². The van der Waals surface area contributed by atoms with Crippen LogP contribution in [0.1, 0.15) is 86.3 Å². The average Bonchev–Trinajstić information content (AvgIpc) is 3.42. The van der Waals surface area contributed by atoms with Gasteiger partial charge in [0, 0.05) is 23.1 Å². The van der Waals surface area contributed by atoms with E-state index in [9.17, 15) is 19.2 Å². The molecule has 0 atom stereocenters. The van der Waals surface area contributed by atoms with E-state index >= 15 is 0 Å². The Morgan fingerprint density at radius 3 is 2.43 bits per heavy atom. The number of nitrogens with zero attached hydrogens (tertiary/aromatic N) is 1. The van der Waals surface area contributed by atoms with Crippen LogP contribution in [0.5, 0.6) is 0 Å². The lowest BCUT2D eigenvalue weighted by molar-refractivity contribution is 0.0473. The van der Waals surface area contributed by atoms with Gasteiger partial charge in [0.1, 0.15) is 12.2 Å². The number of rotatable bonds is 4. The molecule has 2 aromatic carbocycles. The van der Waals surface area contributed by atoms with Gasteiger partial charge in [0.05, 0.1) is 16.7 Å². The fourth-order valence-corrected chi connectivity index (χ4v) is 5.70. The predicted octanol–water partition coefficient (Wildman–Crippen LogP) is 4.57. The third-order valence-electron chi connectivity index (χ3n) is 7.49. The second-order valence-corrected chi connectivity index (χ2v) is 9.67. The lowest BCUT2D eigenvalue weighted by Gasteiger charge is -2.29. The zero-order chi connectivity index (χ0) is 24.1. The van der Waals surface area contributed by atoms with Crippen molar-refractivity contribution in [3.63, 3.8) is 0 Å². The van der Waals surface area contributed by atoms with Crippen LogP contribution in [0.25, 0.3) is 11.0 Å². The van der Waals surface area contributed by atoms with Crippen molar-refractivity contribution in [2.24, 2.45) is 0 Å². The van der Waals surface area contributed by atoms with E-state index in [4.69, 9.17) is 9.15 Å². The minimum atomic E-state index is -0.619. The van der Waals surface area contributed by atoms with E-state index < -0.39 is 11.6 Å². The number of fused-ring (bicyclic) bond motifs is 3. The topological polar surface area (TPSA) is 93.9 Å². The Labute approximate surface area is 201 Å². The number of esters is 1. The smallest absolute Gasteiger partial charge is 0.338 e. The van der Waals surface area contributed by atoms with Crippen LogP contribution in [-0.4, -0.2) is 28.7 Å². The molecule has 0 N–H and O–H groups in total. The van der Waals surface area contributed by atoms with Crippen molar-refractivity contribution in [1.82, 2.24) is 4.90 Å². The van der Waals surface area contributed by atoms with Gasteiger partial charge in [-0.25, -0.2) is 9.59 Å². The van der Waals surface area contributed by atoms with Crippen LogP contribution in [0, 0.1) is 0 Å². The van der Waals surface area contributed by atoms with Crippen molar-refractivity contribution in [3.05, 3.63) is 80.2 Å². The molecule has 35 heavy (non-hydrogen) atoms. The van der Waals surface area contributed by atoms with Crippen molar-refractivity contribution < 1.29 is 23.5 Å². The van der Waals surface area contributed by atoms with Gasteiger partial charge in [-0.3, -0.25) is 14.5 Å². The Morgan fingerprint density at radius 1 is 0.886 bits per heavy atom.